The Hall–Kier alpha value is -2.85. The van der Waals surface area contributed by atoms with Crippen molar-refractivity contribution in [2.24, 2.45) is 0 Å². The molecule has 1 saturated heterocycles. The van der Waals surface area contributed by atoms with Gasteiger partial charge in [0, 0.05) is 42.7 Å². The Bertz CT molecular complexity index is 869. The molecule has 0 radical (unpaired) electrons. The van der Waals surface area contributed by atoms with Gasteiger partial charge < -0.3 is 5.32 Å². The molecule has 1 aliphatic heterocycles. The van der Waals surface area contributed by atoms with Gasteiger partial charge in [0.2, 0.25) is 0 Å². The molecule has 0 bridgehead atoms. The summed E-state index contributed by atoms with van der Waals surface area (Å²) in [6.07, 6.45) is 15.8. The van der Waals surface area contributed by atoms with Crippen LogP contribution in [0.1, 0.15) is 41.0 Å². The summed E-state index contributed by atoms with van der Waals surface area (Å²) in [5.74, 6) is 0.586. The topological polar surface area (TPSA) is 50.7 Å². The first-order valence-electron chi connectivity index (χ1n) is 9.08. The van der Waals surface area contributed by atoms with Gasteiger partial charge in [-0.15, -0.1) is 0 Å². The maximum Gasteiger partial charge on any atom is 0.0346 e. The predicted octanol–water partition coefficient (Wildman–Crippen LogP) is 3.93. The Morgan fingerprint density at radius 2 is 1.54 bits per heavy atom. The minimum absolute atomic E-state index is 0.586. The van der Waals surface area contributed by atoms with E-state index in [-0.39, 0.29) is 0 Å². The third kappa shape index (κ3) is 3.86. The van der Waals surface area contributed by atoms with Crippen molar-refractivity contribution in [3.05, 3.63) is 89.8 Å². The van der Waals surface area contributed by atoms with Gasteiger partial charge in [0.25, 0.3) is 0 Å². The highest BCUT2D eigenvalue weighted by Crippen LogP contribution is 2.30. The first-order valence-corrected chi connectivity index (χ1v) is 9.08. The fraction of sp³-hybridized carbons (Fsp3) is 0.227. The third-order valence-electron chi connectivity index (χ3n) is 4.89. The molecule has 3 aromatic rings. The summed E-state index contributed by atoms with van der Waals surface area (Å²) in [5.41, 5.74) is 5.89. The van der Waals surface area contributed by atoms with Crippen molar-refractivity contribution in [1.29, 1.82) is 0 Å². The molecule has 1 aliphatic rings. The average Bonchev–Trinajstić information content (AvgIpc) is 2.74. The largest absolute Gasteiger partial charge is 0.317 e. The second-order valence-electron chi connectivity index (χ2n) is 6.61. The van der Waals surface area contributed by atoms with Crippen molar-refractivity contribution in [1.82, 2.24) is 20.3 Å². The zero-order valence-electron chi connectivity index (χ0n) is 14.7. The molecule has 0 atom stereocenters. The summed E-state index contributed by atoms with van der Waals surface area (Å²) >= 11 is 0. The van der Waals surface area contributed by atoms with E-state index in [1.54, 1.807) is 0 Å². The van der Waals surface area contributed by atoms with Crippen molar-refractivity contribution in [3.63, 3.8) is 0 Å². The second kappa shape index (κ2) is 8.02. The zero-order valence-corrected chi connectivity index (χ0v) is 14.7. The SMILES string of the molecule is C(=C(c1ccncc1)c1cncc(C2CCNCC2)c1)c1ccncc1. The lowest BCUT2D eigenvalue weighted by atomic mass is 9.89. The normalized spacial score (nSPS) is 15.8. The van der Waals surface area contributed by atoms with Gasteiger partial charge in [-0.1, -0.05) is 0 Å². The highest BCUT2D eigenvalue weighted by atomic mass is 14.9. The molecule has 1 fully saturated rings. The Balaban J connectivity index is 1.76. The third-order valence-corrected chi connectivity index (χ3v) is 4.89. The molecular weight excluding hydrogens is 320 g/mol. The van der Waals surface area contributed by atoms with E-state index in [1.807, 2.05) is 61.4 Å². The van der Waals surface area contributed by atoms with Crippen LogP contribution in [0, 0.1) is 0 Å². The number of nitrogens with zero attached hydrogens (tertiary/aromatic N) is 3. The molecule has 0 spiro atoms. The summed E-state index contributed by atoms with van der Waals surface area (Å²) < 4.78 is 0. The molecule has 0 amide bonds. The number of pyridine rings is 3. The van der Waals surface area contributed by atoms with Gasteiger partial charge in [0.15, 0.2) is 0 Å². The summed E-state index contributed by atoms with van der Waals surface area (Å²) in [5, 5.41) is 3.44. The zero-order chi connectivity index (χ0) is 17.6. The molecule has 3 aromatic heterocycles. The molecule has 130 valence electrons. The van der Waals surface area contributed by atoms with Gasteiger partial charge in [-0.2, -0.15) is 0 Å². The molecule has 1 N–H and O–H groups in total. The van der Waals surface area contributed by atoms with Crippen LogP contribution in [0.15, 0.2) is 67.5 Å². The summed E-state index contributed by atoms with van der Waals surface area (Å²) in [6.45, 7) is 2.16. The first kappa shape index (κ1) is 16.6. The minimum Gasteiger partial charge on any atom is -0.317 e. The Kier molecular flexibility index (Phi) is 5.12. The Morgan fingerprint density at radius 1 is 0.846 bits per heavy atom. The number of aromatic nitrogens is 3. The van der Waals surface area contributed by atoms with Crippen LogP contribution >= 0.6 is 0 Å². The molecular formula is C22H22N4. The number of hydrogen-bond donors (Lipinski definition) is 1. The smallest absolute Gasteiger partial charge is 0.0346 e. The van der Waals surface area contributed by atoms with Crippen LogP contribution in [0.25, 0.3) is 11.6 Å². The fourth-order valence-electron chi connectivity index (χ4n) is 3.47. The molecule has 0 saturated carbocycles. The second-order valence-corrected chi connectivity index (χ2v) is 6.61. The lowest BCUT2D eigenvalue weighted by molar-refractivity contribution is 0.459. The molecule has 4 rings (SSSR count). The standard InChI is InChI=1S/C22H22N4/c1-7-23-8-2-17(1)13-22(19-5-11-25-12-6-19)21-14-20(15-26-16-21)18-3-9-24-10-4-18/h1-2,5-8,11-16,18,24H,3-4,9-10H2. The minimum atomic E-state index is 0.586. The Morgan fingerprint density at radius 3 is 2.27 bits per heavy atom. The van der Waals surface area contributed by atoms with E-state index in [0.717, 1.165) is 35.4 Å². The summed E-state index contributed by atoms with van der Waals surface area (Å²) in [4.78, 5) is 12.8. The molecule has 0 unspecified atom stereocenters. The maximum atomic E-state index is 4.56. The van der Waals surface area contributed by atoms with Crippen LogP contribution in [0.4, 0.5) is 0 Å². The lowest BCUT2D eigenvalue weighted by Gasteiger charge is -2.23. The van der Waals surface area contributed by atoms with Crippen LogP contribution in [0.2, 0.25) is 0 Å². The fourth-order valence-corrected chi connectivity index (χ4v) is 3.47. The highest BCUT2D eigenvalue weighted by molar-refractivity contribution is 5.91. The molecule has 26 heavy (non-hydrogen) atoms. The van der Waals surface area contributed by atoms with E-state index >= 15 is 0 Å². The first-order chi connectivity index (χ1) is 12.9. The summed E-state index contributed by atoms with van der Waals surface area (Å²) in [7, 11) is 0. The highest BCUT2D eigenvalue weighted by Gasteiger charge is 2.16. The van der Waals surface area contributed by atoms with E-state index in [0.29, 0.717) is 5.92 Å². The average molecular weight is 342 g/mol. The van der Waals surface area contributed by atoms with E-state index in [4.69, 9.17) is 0 Å². The van der Waals surface area contributed by atoms with Gasteiger partial charge in [-0.05, 0) is 90.5 Å². The summed E-state index contributed by atoms with van der Waals surface area (Å²) in [6, 6.07) is 10.4. The van der Waals surface area contributed by atoms with Gasteiger partial charge in [-0.3, -0.25) is 15.0 Å². The Labute approximate surface area is 154 Å². The van der Waals surface area contributed by atoms with Gasteiger partial charge >= 0.3 is 0 Å². The maximum absolute atomic E-state index is 4.56. The van der Waals surface area contributed by atoms with Crippen molar-refractivity contribution in [2.75, 3.05) is 13.1 Å². The van der Waals surface area contributed by atoms with E-state index in [2.05, 4.69) is 32.4 Å². The number of piperidine rings is 1. The molecule has 0 aliphatic carbocycles. The van der Waals surface area contributed by atoms with Crippen LogP contribution in [-0.2, 0) is 0 Å². The quantitative estimate of drug-likeness (QED) is 0.780. The van der Waals surface area contributed by atoms with Crippen molar-refractivity contribution >= 4 is 11.6 Å². The van der Waals surface area contributed by atoms with Gasteiger partial charge in [0.05, 0.1) is 0 Å². The van der Waals surface area contributed by atoms with Crippen LogP contribution in [-0.4, -0.2) is 28.0 Å². The van der Waals surface area contributed by atoms with Crippen LogP contribution in [0.3, 0.4) is 0 Å². The molecule has 4 nitrogen and oxygen atoms in total. The van der Waals surface area contributed by atoms with Crippen molar-refractivity contribution in [3.8, 4) is 0 Å². The monoisotopic (exact) mass is 342 g/mol. The van der Waals surface area contributed by atoms with E-state index < -0.39 is 0 Å². The van der Waals surface area contributed by atoms with E-state index in [9.17, 15) is 0 Å². The molecule has 0 aromatic carbocycles. The van der Waals surface area contributed by atoms with Crippen LogP contribution < -0.4 is 5.32 Å². The van der Waals surface area contributed by atoms with Crippen LogP contribution in [0.5, 0.6) is 0 Å². The number of hydrogen-bond acceptors (Lipinski definition) is 4. The predicted molar refractivity (Wildman–Crippen MR) is 105 cm³/mol. The molecule has 4 heterocycles. The van der Waals surface area contributed by atoms with Crippen molar-refractivity contribution in [2.45, 2.75) is 18.8 Å². The molecule has 4 heteroatoms. The van der Waals surface area contributed by atoms with Crippen molar-refractivity contribution < 1.29 is 0 Å². The number of nitrogens with one attached hydrogen (secondary N) is 1. The van der Waals surface area contributed by atoms with Gasteiger partial charge in [0.1, 0.15) is 0 Å². The van der Waals surface area contributed by atoms with E-state index in [1.165, 1.54) is 18.4 Å². The van der Waals surface area contributed by atoms with Gasteiger partial charge in [-0.25, -0.2) is 0 Å². The lowest BCUT2D eigenvalue weighted by Crippen LogP contribution is -2.26. The number of rotatable bonds is 4.